The fourth-order valence-electron chi connectivity index (χ4n) is 5.43. The Kier molecular flexibility index (Phi) is 5.03. The SMILES string of the molecule is COC[C@]1(C(=O)O)CC[C@H](c2nc3c(-c4cnc5ccc(F)cc5c4)cnn3c3[nH]ccc32)CC1. The molecule has 0 unspecified atom stereocenters. The fraction of sp³-hybridized carbons (Fsp3) is 0.308. The number of hydrogen-bond acceptors (Lipinski definition) is 5. The number of pyridine rings is 1. The van der Waals surface area contributed by atoms with E-state index in [0.717, 1.165) is 27.9 Å². The number of methoxy groups -OCH3 is 1. The van der Waals surface area contributed by atoms with Crippen LogP contribution in [0.15, 0.2) is 48.9 Å². The zero-order chi connectivity index (χ0) is 24.2. The number of carbonyl (C=O) groups is 1. The van der Waals surface area contributed by atoms with E-state index >= 15 is 0 Å². The molecular formula is C26H24FN5O3. The maximum atomic E-state index is 13.8. The molecule has 35 heavy (non-hydrogen) atoms. The minimum Gasteiger partial charge on any atom is -0.481 e. The van der Waals surface area contributed by atoms with Crippen molar-refractivity contribution in [1.82, 2.24) is 24.6 Å². The van der Waals surface area contributed by atoms with Crippen molar-refractivity contribution in [2.24, 2.45) is 5.41 Å². The summed E-state index contributed by atoms with van der Waals surface area (Å²) in [5.74, 6) is -0.992. The van der Waals surface area contributed by atoms with Gasteiger partial charge in [-0.2, -0.15) is 9.61 Å². The largest absolute Gasteiger partial charge is 0.481 e. The minimum absolute atomic E-state index is 0.120. The van der Waals surface area contributed by atoms with Gasteiger partial charge < -0.3 is 14.8 Å². The first-order valence-electron chi connectivity index (χ1n) is 11.6. The number of carboxylic acid groups (broad SMARTS) is 1. The number of nitrogens with one attached hydrogen (secondary N) is 1. The van der Waals surface area contributed by atoms with E-state index in [1.165, 1.54) is 12.1 Å². The number of aliphatic carboxylic acids is 1. The van der Waals surface area contributed by atoms with Crippen LogP contribution in [0.25, 0.3) is 38.7 Å². The van der Waals surface area contributed by atoms with Crippen molar-refractivity contribution in [2.45, 2.75) is 31.6 Å². The Hall–Kier alpha value is -3.85. The Balaban J connectivity index is 1.44. The first-order valence-corrected chi connectivity index (χ1v) is 11.6. The molecule has 9 heteroatoms. The minimum atomic E-state index is -0.847. The van der Waals surface area contributed by atoms with Crippen molar-refractivity contribution in [3.8, 4) is 11.1 Å². The summed E-state index contributed by atoms with van der Waals surface area (Å²) in [6, 6.07) is 8.42. The van der Waals surface area contributed by atoms with Crippen LogP contribution in [0.3, 0.4) is 0 Å². The monoisotopic (exact) mass is 473 g/mol. The highest BCUT2D eigenvalue weighted by atomic mass is 19.1. The number of fused-ring (bicyclic) bond motifs is 4. The average Bonchev–Trinajstić information content (AvgIpc) is 3.51. The second-order valence-corrected chi connectivity index (χ2v) is 9.38. The van der Waals surface area contributed by atoms with Crippen LogP contribution in [0.4, 0.5) is 4.39 Å². The summed E-state index contributed by atoms with van der Waals surface area (Å²) in [7, 11) is 1.55. The topological polar surface area (TPSA) is 105 Å². The molecular weight excluding hydrogens is 449 g/mol. The first-order chi connectivity index (χ1) is 17.0. The molecule has 0 radical (unpaired) electrons. The maximum absolute atomic E-state index is 13.8. The Morgan fingerprint density at radius 2 is 2.09 bits per heavy atom. The van der Waals surface area contributed by atoms with Crippen molar-refractivity contribution in [3.63, 3.8) is 0 Å². The molecule has 1 aromatic carbocycles. The van der Waals surface area contributed by atoms with Crippen molar-refractivity contribution in [2.75, 3.05) is 13.7 Å². The molecule has 178 valence electrons. The van der Waals surface area contributed by atoms with Crippen molar-refractivity contribution in [3.05, 3.63) is 60.4 Å². The number of carboxylic acids is 1. The zero-order valence-electron chi connectivity index (χ0n) is 19.2. The van der Waals surface area contributed by atoms with Gasteiger partial charge in [0.1, 0.15) is 11.5 Å². The standard InChI is InChI=1S/C26H24FN5O3/c1-35-14-26(25(33)34)7-4-15(5-8-26)22-19-6-9-28-23(19)32-24(31-22)20(13-30-32)17-10-16-11-18(27)2-3-21(16)29-12-17/h2-3,6,9-13,15,28H,4-5,7-8,14H2,1H3,(H,33,34)/t15-,26-. The molecule has 0 bridgehead atoms. The summed E-state index contributed by atoms with van der Waals surface area (Å²) in [6.07, 6.45) is 7.86. The number of H-pyrrole nitrogens is 1. The molecule has 1 aliphatic carbocycles. The van der Waals surface area contributed by atoms with E-state index in [1.807, 2.05) is 18.3 Å². The highest BCUT2D eigenvalue weighted by Gasteiger charge is 2.43. The number of benzene rings is 1. The summed E-state index contributed by atoms with van der Waals surface area (Å²) >= 11 is 0. The second kappa shape index (κ2) is 8.13. The molecule has 8 nitrogen and oxygen atoms in total. The number of halogens is 1. The number of rotatable bonds is 5. The smallest absolute Gasteiger partial charge is 0.311 e. The van der Waals surface area contributed by atoms with Gasteiger partial charge in [-0.15, -0.1) is 0 Å². The Labute approximate surface area is 199 Å². The third-order valence-electron chi connectivity index (χ3n) is 7.34. The fourth-order valence-corrected chi connectivity index (χ4v) is 5.43. The highest BCUT2D eigenvalue weighted by Crippen LogP contribution is 2.45. The average molecular weight is 474 g/mol. The van der Waals surface area contributed by atoms with Crippen LogP contribution >= 0.6 is 0 Å². The van der Waals surface area contributed by atoms with Crippen LogP contribution in [0.1, 0.15) is 37.3 Å². The molecule has 0 atom stereocenters. The van der Waals surface area contributed by atoms with Gasteiger partial charge in [-0.05, 0) is 56.0 Å². The van der Waals surface area contributed by atoms with Gasteiger partial charge in [0, 0.05) is 47.3 Å². The van der Waals surface area contributed by atoms with Gasteiger partial charge in [-0.1, -0.05) is 0 Å². The molecule has 0 aliphatic heterocycles. The van der Waals surface area contributed by atoms with Crippen LogP contribution < -0.4 is 0 Å². The van der Waals surface area contributed by atoms with E-state index in [-0.39, 0.29) is 18.3 Å². The maximum Gasteiger partial charge on any atom is 0.311 e. The van der Waals surface area contributed by atoms with Crippen LogP contribution in [0, 0.1) is 11.2 Å². The summed E-state index contributed by atoms with van der Waals surface area (Å²) in [6.45, 7) is 0.212. The summed E-state index contributed by atoms with van der Waals surface area (Å²) in [4.78, 5) is 24.8. The summed E-state index contributed by atoms with van der Waals surface area (Å²) in [5, 5.41) is 16.1. The van der Waals surface area contributed by atoms with Crippen LogP contribution in [-0.4, -0.2) is 49.4 Å². The number of hydrogen-bond donors (Lipinski definition) is 2. The molecule has 1 saturated carbocycles. The normalized spacial score (nSPS) is 20.7. The van der Waals surface area contributed by atoms with Crippen molar-refractivity contribution < 1.29 is 19.0 Å². The Morgan fingerprint density at radius 1 is 1.26 bits per heavy atom. The van der Waals surface area contributed by atoms with Crippen LogP contribution in [-0.2, 0) is 9.53 Å². The molecule has 0 amide bonds. The lowest BCUT2D eigenvalue weighted by molar-refractivity contribution is -0.155. The Morgan fingerprint density at radius 3 is 2.86 bits per heavy atom. The lowest BCUT2D eigenvalue weighted by Gasteiger charge is -2.36. The van der Waals surface area contributed by atoms with Gasteiger partial charge in [0.25, 0.3) is 0 Å². The molecule has 4 aromatic heterocycles. The van der Waals surface area contributed by atoms with E-state index < -0.39 is 11.4 Å². The molecule has 0 spiro atoms. The number of nitrogens with zero attached hydrogens (tertiary/aromatic N) is 4. The van der Waals surface area contributed by atoms with Crippen LogP contribution in [0.5, 0.6) is 0 Å². The number of ether oxygens (including phenoxy) is 1. The molecule has 5 aromatic rings. The second-order valence-electron chi connectivity index (χ2n) is 9.38. The predicted molar refractivity (Wildman–Crippen MR) is 129 cm³/mol. The first kappa shape index (κ1) is 21.7. The van der Waals surface area contributed by atoms with Gasteiger partial charge in [-0.3, -0.25) is 9.78 Å². The predicted octanol–water partition coefficient (Wildman–Crippen LogP) is 4.94. The van der Waals surface area contributed by atoms with E-state index in [2.05, 4.69) is 15.1 Å². The lowest BCUT2D eigenvalue weighted by atomic mass is 9.70. The van der Waals surface area contributed by atoms with Gasteiger partial charge >= 0.3 is 5.97 Å². The molecule has 6 rings (SSSR count). The third-order valence-corrected chi connectivity index (χ3v) is 7.34. The number of aromatic amines is 1. The number of aromatic nitrogens is 5. The zero-order valence-corrected chi connectivity index (χ0v) is 19.2. The Bertz CT molecular complexity index is 1580. The van der Waals surface area contributed by atoms with Crippen molar-refractivity contribution in [1.29, 1.82) is 0 Å². The lowest BCUT2D eigenvalue weighted by Crippen LogP contribution is -2.39. The molecule has 0 saturated heterocycles. The van der Waals surface area contributed by atoms with E-state index in [1.54, 1.807) is 30.1 Å². The summed E-state index contributed by atoms with van der Waals surface area (Å²) < 4.78 is 20.8. The van der Waals surface area contributed by atoms with Gasteiger partial charge in [-0.25, -0.2) is 9.37 Å². The van der Waals surface area contributed by atoms with E-state index in [4.69, 9.17) is 9.72 Å². The van der Waals surface area contributed by atoms with Gasteiger partial charge in [0.05, 0.1) is 29.4 Å². The van der Waals surface area contributed by atoms with Gasteiger partial charge in [0.2, 0.25) is 0 Å². The van der Waals surface area contributed by atoms with Crippen LogP contribution in [0.2, 0.25) is 0 Å². The molecule has 4 heterocycles. The van der Waals surface area contributed by atoms with Crippen molar-refractivity contribution >= 4 is 33.6 Å². The van der Waals surface area contributed by atoms with E-state index in [9.17, 15) is 14.3 Å². The molecule has 2 N–H and O–H groups in total. The van der Waals surface area contributed by atoms with Gasteiger partial charge in [0.15, 0.2) is 5.65 Å². The van der Waals surface area contributed by atoms with E-state index in [0.29, 0.717) is 42.2 Å². The highest BCUT2D eigenvalue weighted by molar-refractivity contribution is 5.89. The summed E-state index contributed by atoms with van der Waals surface area (Å²) in [5.41, 5.74) is 3.93. The quantitative estimate of drug-likeness (QED) is 0.375. The third kappa shape index (κ3) is 3.46. The molecule has 1 fully saturated rings. The molecule has 1 aliphatic rings.